The summed E-state index contributed by atoms with van der Waals surface area (Å²) < 4.78 is 0. The van der Waals surface area contributed by atoms with Gasteiger partial charge in [-0.2, -0.15) is 0 Å². The number of rotatable bonds is 3. The van der Waals surface area contributed by atoms with Crippen LogP contribution in [0.5, 0.6) is 0 Å². The summed E-state index contributed by atoms with van der Waals surface area (Å²) in [5, 5.41) is 13.2. The largest absolute Gasteiger partial charge is 0.444 e. The summed E-state index contributed by atoms with van der Waals surface area (Å²) in [6, 6.07) is 32.3. The molecule has 0 amide bonds. The molecule has 0 unspecified atom stereocenters. The maximum atomic E-state index is 8.00. The molecule has 3 aromatic carbocycles. The number of hydrogen-bond donors (Lipinski definition) is 0. The fourth-order valence-corrected chi connectivity index (χ4v) is 4.48. The van der Waals surface area contributed by atoms with Crippen LogP contribution in [0.15, 0.2) is 96.3 Å². The van der Waals surface area contributed by atoms with Crippen LogP contribution in [-0.4, -0.2) is 0 Å². The second-order valence-electron chi connectivity index (χ2n) is 4.42. The van der Waals surface area contributed by atoms with Crippen LogP contribution in [0.3, 0.4) is 0 Å². The molecule has 3 rings (SSSR count). The van der Waals surface area contributed by atoms with Crippen LogP contribution >= 0.6 is 7.92 Å². The molecule has 0 saturated carbocycles. The molecule has 1 radical (unpaired) electrons. The molecule has 3 aromatic rings. The first-order chi connectivity index (χ1) is 10.9. The predicted molar refractivity (Wildman–Crippen MR) is 94.3 cm³/mol. The fourth-order valence-electron chi connectivity index (χ4n) is 2.18. The van der Waals surface area contributed by atoms with Crippen LogP contribution in [0.2, 0.25) is 0 Å². The van der Waals surface area contributed by atoms with Crippen molar-refractivity contribution in [3.05, 3.63) is 101 Å². The van der Waals surface area contributed by atoms with Crippen molar-refractivity contribution in [3.63, 3.8) is 0 Å². The Bertz CT molecular complexity index is 587. The Labute approximate surface area is 152 Å². The van der Waals surface area contributed by atoms with Crippen LogP contribution in [-0.2, 0) is 22.4 Å². The minimum Gasteiger partial charge on any atom is -0.444 e. The molecule has 0 aliphatic heterocycles. The van der Waals surface area contributed by atoms with Crippen LogP contribution in [0.1, 0.15) is 0 Å². The van der Waals surface area contributed by atoms with Gasteiger partial charge in [-0.15, -0.1) is 5.34 Å². The van der Waals surface area contributed by atoms with Crippen LogP contribution in [0.25, 0.3) is 0 Å². The smallest absolute Gasteiger partial charge is 0 e. The standard InChI is InChI=1S/C18H15P.Ag.HNO2/c1-4-10-16(11-5-1)19(17-12-6-2-7-13-17)18-14-8-3-9-15-18;;2-1-3/h1-15H;;(H,2,3)/p-1. The van der Waals surface area contributed by atoms with Gasteiger partial charge in [0.1, 0.15) is 0 Å². The van der Waals surface area contributed by atoms with Crippen LogP contribution in [0.4, 0.5) is 0 Å². The summed E-state index contributed by atoms with van der Waals surface area (Å²) in [5.41, 5.74) is 0. The van der Waals surface area contributed by atoms with Gasteiger partial charge in [-0.25, -0.2) is 0 Å². The van der Waals surface area contributed by atoms with Gasteiger partial charge < -0.3 is 10.1 Å². The molecule has 3 nitrogen and oxygen atoms in total. The van der Waals surface area contributed by atoms with E-state index in [2.05, 4.69) is 91.0 Å². The summed E-state index contributed by atoms with van der Waals surface area (Å²) in [5.74, 6) is 0. The van der Waals surface area contributed by atoms with E-state index in [1.54, 1.807) is 0 Å². The summed E-state index contributed by atoms with van der Waals surface area (Å²) >= 11 is 0. The topological polar surface area (TPSA) is 52.5 Å². The molecule has 5 heteroatoms. The zero-order chi connectivity index (χ0) is 15.6. The first kappa shape index (κ1) is 19.3. The minimum absolute atomic E-state index is 0. The molecule has 0 aliphatic rings. The average Bonchev–Trinajstić information content (AvgIpc) is 2.59. The first-order valence-electron chi connectivity index (χ1n) is 6.77. The van der Waals surface area contributed by atoms with E-state index in [1.165, 1.54) is 15.9 Å². The van der Waals surface area contributed by atoms with Crippen molar-refractivity contribution < 1.29 is 22.4 Å². The van der Waals surface area contributed by atoms with E-state index in [1.807, 2.05) is 0 Å². The molecule has 0 N–H and O–H groups in total. The quantitative estimate of drug-likeness (QED) is 0.283. The Kier molecular flexibility index (Phi) is 9.11. The molecular weight excluding hydrogens is 401 g/mol. The summed E-state index contributed by atoms with van der Waals surface area (Å²) in [7, 11) is -0.446. The van der Waals surface area contributed by atoms with E-state index >= 15 is 0 Å². The SMILES string of the molecule is O=N[O-].[Ag].c1ccc(P(c2ccccc2)c2ccccc2)cc1. The van der Waals surface area contributed by atoms with Gasteiger partial charge in [0.05, 0.1) is 0 Å². The molecule has 23 heavy (non-hydrogen) atoms. The van der Waals surface area contributed by atoms with Gasteiger partial charge in [0.25, 0.3) is 0 Å². The van der Waals surface area contributed by atoms with Crippen molar-refractivity contribution >= 4 is 23.8 Å². The Morgan fingerprint density at radius 1 is 0.609 bits per heavy atom. The van der Waals surface area contributed by atoms with Gasteiger partial charge >= 0.3 is 0 Å². The third kappa shape index (κ3) is 5.74. The Balaban J connectivity index is 0.000000615. The van der Waals surface area contributed by atoms with Crippen molar-refractivity contribution in [2.24, 2.45) is 5.34 Å². The molecule has 0 atom stereocenters. The molecule has 0 bridgehead atoms. The Morgan fingerprint density at radius 3 is 1.04 bits per heavy atom. The zero-order valence-corrected chi connectivity index (χ0v) is 14.5. The van der Waals surface area contributed by atoms with E-state index in [9.17, 15) is 0 Å². The third-order valence-corrected chi connectivity index (χ3v) is 5.49. The van der Waals surface area contributed by atoms with Gasteiger partial charge in [-0.1, -0.05) is 91.0 Å². The van der Waals surface area contributed by atoms with Gasteiger partial charge in [0.2, 0.25) is 0 Å². The summed E-state index contributed by atoms with van der Waals surface area (Å²) in [6.45, 7) is 0. The van der Waals surface area contributed by atoms with Gasteiger partial charge in [-0.05, 0) is 23.8 Å². The van der Waals surface area contributed by atoms with E-state index in [-0.39, 0.29) is 22.4 Å². The third-order valence-electron chi connectivity index (χ3n) is 3.04. The molecule has 0 heterocycles. The molecule has 0 saturated heterocycles. The molecule has 0 aliphatic carbocycles. The van der Waals surface area contributed by atoms with Gasteiger partial charge in [0, 0.05) is 22.4 Å². The fraction of sp³-hybridized carbons (Fsp3) is 0. The molecule has 0 aromatic heterocycles. The Hall–Kier alpha value is -1.77. The number of hydrogen-bond acceptors (Lipinski definition) is 3. The molecule has 0 fully saturated rings. The maximum Gasteiger partial charge on any atom is 0 e. The molecule has 121 valence electrons. The maximum absolute atomic E-state index is 8.00. The molecule has 0 spiro atoms. The zero-order valence-electron chi connectivity index (χ0n) is 12.2. The second-order valence-corrected chi connectivity index (χ2v) is 6.64. The van der Waals surface area contributed by atoms with E-state index < -0.39 is 7.92 Å². The first-order valence-corrected chi connectivity index (χ1v) is 8.11. The van der Waals surface area contributed by atoms with E-state index in [0.717, 1.165) is 5.34 Å². The van der Waals surface area contributed by atoms with Crippen molar-refractivity contribution in [2.75, 3.05) is 0 Å². The summed E-state index contributed by atoms with van der Waals surface area (Å²) in [6.07, 6.45) is 0. The molecular formula is C18H15AgNO2P-. The van der Waals surface area contributed by atoms with Crippen molar-refractivity contribution in [2.45, 2.75) is 0 Å². The van der Waals surface area contributed by atoms with Crippen LogP contribution in [0, 0.1) is 10.1 Å². The van der Waals surface area contributed by atoms with E-state index in [0.29, 0.717) is 0 Å². The number of benzene rings is 3. The number of nitrogens with zero attached hydrogens (tertiary/aromatic N) is 1. The minimum atomic E-state index is -0.446. The van der Waals surface area contributed by atoms with Crippen molar-refractivity contribution in [1.29, 1.82) is 0 Å². The summed E-state index contributed by atoms with van der Waals surface area (Å²) in [4.78, 5) is 8.00. The Morgan fingerprint density at radius 2 is 0.826 bits per heavy atom. The van der Waals surface area contributed by atoms with Crippen molar-refractivity contribution in [3.8, 4) is 0 Å². The van der Waals surface area contributed by atoms with Gasteiger partial charge in [0.15, 0.2) is 0 Å². The van der Waals surface area contributed by atoms with Crippen LogP contribution < -0.4 is 15.9 Å². The van der Waals surface area contributed by atoms with Gasteiger partial charge in [-0.3, -0.25) is 0 Å². The van der Waals surface area contributed by atoms with Crippen molar-refractivity contribution in [1.82, 2.24) is 0 Å². The predicted octanol–water partition coefficient (Wildman–Crippen LogP) is 3.69. The van der Waals surface area contributed by atoms with E-state index in [4.69, 9.17) is 10.1 Å². The average molecular weight is 416 g/mol. The second kappa shape index (κ2) is 10.9. The monoisotopic (exact) mass is 415 g/mol. The normalized spacial score (nSPS) is 9.26.